The van der Waals surface area contributed by atoms with Crippen LogP contribution < -0.4 is 10.2 Å². The molecule has 1 unspecified atom stereocenters. The number of anilines is 2. The van der Waals surface area contributed by atoms with Crippen molar-refractivity contribution in [3.63, 3.8) is 0 Å². The number of benzene rings is 2. The second-order valence-corrected chi connectivity index (χ2v) is 6.46. The molecule has 1 amide bonds. The minimum atomic E-state index is -0.155. The first-order valence-corrected chi connectivity index (χ1v) is 8.32. The Morgan fingerprint density at radius 3 is 2.79 bits per heavy atom. The number of ether oxygens (including phenoxy) is 1. The van der Waals surface area contributed by atoms with E-state index >= 15 is 0 Å². The van der Waals surface area contributed by atoms with Crippen LogP contribution in [-0.2, 0) is 16.0 Å². The highest BCUT2D eigenvalue weighted by Gasteiger charge is 2.23. The van der Waals surface area contributed by atoms with E-state index < -0.39 is 0 Å². The molecule has 126 valence electrons. The summed E-state index contributed by atoms with van der Waals surface area (Å²) in [6, 6.07) is 14.2. The molecule has 1 aliphatic rings. The third-order valence-corrected chi connectivity index (χ3v) is 4.43. The van der Waals surface area contributed by atoms with Crippen molar-refractivity contribution in [2.24, 2.45) is 0 Å². The Balaban J connectivity index is 1.68. The van der Waals surface area contributed by atoms with Gasteiger partial charge in [-0.25, -0.2) is 0 Å². The van der Waals surface area contributed by atoms with Crippen LogP contribution in [0.25, 0.3) is 0 Å². The lowest BCUT2D eigenvalue weighted by Gasteiger charge is -2.25. The van der Waals surface area contributed by atoms with Gasteiger partial charge in [-0.3, -0.25) is 4.79 Å². The van der Waals surface area contributed by atoms with Gasteiger partial charge < -0.3 is 15.0 Å². The molecule has 1 heterocycles. The fourth-order valence-electron chi connectivity index (χ4n) is 3.26. The Kier molecular flexibility index (Phi) is 4.86. The Labute approximate surface area is 143 Å². The minimum Gasteiger partial charge on any atom is -0.377 e. The maximum atomic E-state index is 12.4. The summed E-state index contributed by atoms with van der Waals surface area (Å²) in [6.07, 6.45) is 1.10. The lowest BCUT2D eigenvalue weighted by atomic mass is 9.95. The van der Waals surface area contributed by atoms with Crippen LogP contribution in [0, 0.1) is 6.92 Å². The van der Waals surface area contributed by atoms with Crippen LogP contribution in [0.15, 0.2) is 42.5 Å². The van der Waals surface area contributed by atoms with Crippen LogP contribution in [-0.4, -0.2) is 26.6 Å². The molecule has 4 nitrogen and oxygen atoms in total. The van der Waals surface area contributed by atoms with Gasteiger partial charge in [-0.1, -0.05) is 24.3 Å². The van der Waals surface area contributed by atoms with Crippen molar-refractivity contribution in [2.75, 3.05) is 30.9 Å². The first-order chi connectivity index (χ1) is 11.5. The Bertz CT molecular complexity index is 740. The van der Waals surface area contributed by atoms with E-state index in [9.17, 15) is 4.79 Å². The van der Waals surface area contributed by atoms with Gasteiger partial charge in [0.2, 0.25) is 5.91 Å². The van der Waals surface area contributed by atoms with E-state index in [1.807, 2.05) is 51.4 Å². The van der Waals surface area contributed by atoms with Crippen LogP contribution in [0.3, 0.4) is 0 Å². The molecular weight excluding hydrogens is 300 g/mol. The first kappa shape index (κ1) is 16.5. The minimum absolute atomic E-state index is 0.0197. The standard InChI is InChI=1S/C20H24N2O2/c1-14-12-16(8-9-18(14)22(2)3)21-20(23)13-19-17-7-5-4-6-15(17)10-11-24-19/h4-9,12,19H,10-11,13H2,1-3H3,(H,21,23). The Morgan fingerprint density at radius 1 is 1.25 bits per heavy atom. The molecular formula is C20H24N2O2. The van der Waals surface area contributed by atoms with E-state index in [-0.39, 0.29) is 12.0 Å². The molecule has 2 aromatic carbocycles. The third-order valence-electron chi connectivity index (χ3n) is 4.43. The highest BCUT2D eigenvalue weighted by molar-refractivity contribution is 5.91. The van der Waals surface area contributed by atoms with Gasteiger partial charge in [0, 0.05) is 25.5 Å². The summed E-state index contributed by atoms with van der Waals surface area (Å²) in [5.74, 6) is -0.0197. The summed E-state index contributed by atoms with van der Waals surface area (Å²) in [7, 11) is 4.02. The summed E-state index contributed by atoms with van der Waals surface area (Å²) in [5, 5.41) is 2.99. The van der Waals surface area contributed by atoms with Crippen molar-refractivity contribution in [3.05, 3.63) is 59.2 Å². The average molecular weight is 324 g/mol. The number of hydrogen-bond acceptors (Lipinski definition) is 3. The molecule has 0 bridgehead atoms. The van der Waals surface area contributed by atoms with Crippen LogP contribution in [0.5, 0.6) is 0 Å². The number of carbonyl (C=O) groups excluding carboxylic acids is 1. The second-order valence-electron chi connectivity index (χ2n) is 6.46. The summed E-state index contributed by atoms with van der Waals surface area (Å²) in [5.41, 5.74) is 5.53. The topological polar surface area (TPSA) is 41.6 Å². The number of nitrogens with zero attached hydrogens (tertiary/aromatic N) is 1. The molecule has 0 saturated carbocycles. The molecule has 0 aromatic heterocycles. The zero-order valence-electron chi connectivity index (χ0n) is 14.5. The lowest BCUT2D eigenvalue weighted by Crippen LogP contribution is -2.22. The maximum Gasteiger partial charge on any atom is 0.227 e. The number of hydrogen-bond donors (Lipinski definition) is 1. The zero-order valence-corrected chi connectivity index (χ0v) is 14.5. The molecule has 1 atom stereocenters. The Morgan fingerprint density at radius 2 is 2.04 bits per heavy atom. The molecule has 0 saturated heterocycles. The highest BCUT2D eigenvalue weighted by atomic mass is 16.5. The fraction of sp³-hybridized carbons (Fsp3) is 0.350. The van der Waals surface area contributed by atoms with Gasteiger partial charge in [-0.2, -0.15) is 0 Å². The van der Waals surface area contributed by atoms with Crippen molar-refractivity contribution >= 4 is 17.3 Å². The normalized spacial score (nSPS) is 16.4. The summed E-state index contributed by atoms with van der Waals surface area (Å²) in [4.78, 5) is 14.5. The van der Waals surface area contributed by atoms with E-state index in [4.69, 9.17) is 4.74 Å². The summed E-state index contributed by atoms with van der Waals surface area (Å²) >= 11 is 0. The maximum absolute atomic E-state index is 12.4. The highest BCUT2D eigenvalue weighted by Crippen LogP contribution is 2.30. The smallest absolute Gasteiger partial charge is 0.227 e. The number of rotatable bonds is 4. The van der Waals surface area contributed by atoms with Gasteiger partial charge in [0.15, 0.2) is 0 Å². The van der Waals surface area contributed by atoms with Crippen molar-refractivity contribution < 1.29 is 9.53 Å². The van der Waals surface area contributed by atoms with Crippen molar-refractivity contribution in [2.45, 2.75) is 25.9 Å². The number of amides is 1. The first-order valence-electron chi connectivity index (χ1n) is 8.32. The fourth-order valence-corrected chi connectivity index (χ4v) is 3.26. The third kappa shape index (κ3) is 3.60. The van der Waals surface area contributed by atoms with E-state index in [2.05, 4.69) is 22.3 Å². The second kappa shape index (κ2) is 7.05. The van der Waals surface area contributed by atoms with E-state index in [0.29, 0.717) is 13.0 Å². The van der Waals surface area contributed by atoms with Gasteiger partial charge in [-0.15, -0.1) is 0 Å². The molecule has 0 radical (unpaired) electrons. The summed E-state index contributed by atoms with van der Waals surface area (Å²) in [6.45, 7) is 2.72. The average Bonchev–Trinajstić information content (AvgIpc) is 2.55. The van der Waals surface area contributed by atoms with Gasteiger partial charge >= 0.3 is 0 Å². The molecule has 0 spiro atoms. The van der Waals surface area contributed by atoms with Crippen LogP contribution >= 0.6 is 0 Å². The van der Waals surface area contributed by atoms with Crippen LogP contribution in [0.4, 0.5) is 11.4 Å². The predicted molar refractivity (Wildman–Crippen MR) is 97.6 cm³/mol. The zero-order chi connectivity index (χ0) is 17.1. The van der Waals surface area contributed by atoms with Gasteiger partial charge in [0.1, 0.15) is 0 Å². The van der Waals surface area contributed by atoms with Crippen molar-refractivity contribution in [1.82, 2.24) is 0 Å². The van der Waals surface area contributed by atoms with Gasteiger partial charge in [-0.05, 0) is 48.2 Å². The van der Waals surface area contributed by atoms with Crippen molar-refractivity contribution in [3.8, 4) is 0 Å². The molecule has 1 N–H and O–H groups in total. The number of aryl methyl sites for hydroxylation is 1. The van der Waals surface area contributed by atoms with Crippen LogP contribution in [0.2, 0.25) is 0 Å². The largest absolute Gasteiger partial charge is 0.377 e. The number of nitrogens with one attached hydrogen (secondary N) is 1. The number of fused-ring (bicyclic) bond motifs is 1. The molecule has 1 aliphatic heterocycles. The SMILES string of the molecule is Cc1cc(NC(=O)CC2OCCc3ccccc32)ccc1N(C)C. The van der Waals surface area contributed by atoms with Crippen molar-refractivity contribution in [1.29, 1.82) is 0 Å². The lowest BCUT2D eigenvalue weighted by molar-refractivity contribution is -0.119. The molecule has 2 aromatic rings. The van der Waals surface area contributed by atoms with Gasteiger partial charge in [0.05, 0.1) is 19.1 Å². The van der Waals surface area contributed by atoms with Gasteiger partial charge in [0.25, 0.3) is 0 Å². The molecule has 3 rings (SSSR count). The summed E-state index contributed by atoms with van der Waals surface area (Å²) < 4.78 is 5.82. The van der Waals surface area contributed by atoms with E-state index in [0.717, 1.165) is 28.9 Å². The number of carbonyl (C=O) groups is 1. The molecule has 24 heavy (non-hydrogen) atoms. The van der Waals surface area contributed by atoms with E-state index in [1.54, 1.807) is 0 Å². The van der Waals surface area contributed by atoms with Crippen LogP contribution in [0.1, 0.15) is 29.2 Å². The monoisotopic (exact) mass is 324 g/mol. The quantitative estimate of drug-likeness (QED) is 0.932. The molecule has 0 fully saturated rings. The van der Waals surface area contributed by atoms with E-state index in [1.165, 1.54) is 5.56 Å². The predicted octanol–water partition coefficient (Wildman–Crippen LogP) is 3.70. The molecule has 4 heteroatoms. The Hall–Kier alpha value is -2.33. The molecule has 0 aliphatic carbocycles.